The molecule has 1 heterocycles. The summed E-state index contributed by atoms with van der Waals surface area (Å²) in [4.78, 5) is 23.6. The fourth-order valence-electron chi connectivity index (χ4n) is 2.69. The molecule has 0 spiro atoms. The van der Waals surface area contributed by atoms with E-state index in [4.69, 9.17) is 4.74 Å². The minimum atomic E-state index is -0.653. The van der Waals surface area contributed by atoms with Gasteiger partial charge in [-0.2, -0.15) is 5.10 Å². The van der Waals surface area contributed by atoms with Crippen LogP contribution in [0, 0.1) is 0 Å². The molecule has 2 N–H and O–H groups in total. The molecule has 2 aromatic carbocycles. The first-order valence-electron chi connectivity index (χ1n) is 9.16. The second-order valence-electron chi connectivity index (χ2n) is 6.86. The van der Waals surface area contributed by atoms with Gasteiger partial charge in [0.15, 0.2) is 6.10 Å². The van der Waals surface area contributed by atoms with E-state index in [1.165, 1.54) is 11.6 Å². The Bertz CT molecular complexity index is 990. The number of rotatable bonds is 6. The number of hydrogen-bond acceptors (Lipinski definition) is 4. The zero-order valence-corrected chi connectivity index (χ0v) is 16.1. The Hall–Kier alpha value is -3.41. The molecule has 1 amide bonds. The van der Waals surface area contributed by atoms with Crippen LogP contribution in [0.5, 0.6) is 5.75 Å². The van der Waals surface area contributed by atoms with Gasteiger partial charge in [0.05, 0.1) is 5.69 Å². The second-order valence-corrected chi connectivity index (χ2v) is 6.86. The molecule has 0 saturated heterocycles. The van der Waals surface area contributed by atoms with Crippen LogP contribution < -0.4 is 15.6 Å². The first-order chi connectivity index (χ1) is 13.4. The van der Waals surface area contributed by atoms with Crippen molar-refractivity contribution >= 4 is 11.6 Å². The topological polar surface area (TPSA) is 84.1 Å². The summed E-state index contributed by atoms with van der Waals surface area (Å²) in [7, 11) is 0. The van der Waals surface area contributed by atoms with Crippen molar-refractivity contribution < 1.29 is 9.53 Å². The number of nitrogens with one attached hydrogen (secondary N) is 2. The molecule has 3 rings (SSSR count). The minimum Gasteiger partial charge on any atom is -0.481 e. The molecule has 0 radical (unpaired) electrons. The van der Waals surface area contributed by atoms with Crippen molar-refractivity contribution in [3.8, 4) is 17.0 Å². The third-order valence-electron chi connectivity index (χ3n) is 4.33. The molecule has 0 aliphatic heterocycles. The number of nitrogens with zero attached hydrogens (tertiary/aromatic N) is 1. The van der Waals surface area contributed by atoms with Crippen molar-refractivity contribution in [3.63, 3.8) is 0 Å². The lowest BCUT2D eigenvalue weighted by atomic mass is 10.0. The van der Waals surface area contributed by atoms with Crippen LogP contribution in [0.15, 0.2) is 65.5 Å². The van der Waals surface area contributed by atoms with Crippen LogP contribution in [0.3, 0.4) is 0 Å². The number of aromatic nitrogens is 2. The molecule has 0 bridgehead atoms. The van der Waals surface area contributed by atoms with Gasteiger partial charge in [-0.15, -0.1) is 0 Å². The predicted molar refractivity (Wildman–Crippen MR) is 110 cm³/mol. The van der Waals surface area contributed by atoms with Crippen LogP contribution in [-0.2, 0) is 4.79 Å². The standard InChI is InChI=1S/C22H23N3O3/c1-14(2)16-7-9-19(10-8-16)28-15(3)22(27)23-18-6-4-5-17(13-18)20-11-12-21(26)25-24-20/h4-15H,1-3H3,(H,23,27)(H,25,26). The summed E-state index contributed by atoms with van der Waals surface area (Å²) in [5.41, 5.74) is 2.98. The molecule has 0 aliphatic rings. The number of H-pyrrole nitrogens is 1. The maximum absolute atomic E-state index is 12.5. The third-order valence-corrected chi connectivity index (χ3v) is 4.33. The van der Waals surface area contributed by atoms with E-state index in [-0.39, 0.29) is 11.5 Å². The molecule has 3 aromatic rings. The number of carbonyl (C=O) groups excluding carboxylic acids is 1. The zero-order valence-electron chi connectivity index (χ0n) is 16.1. The highest BCUT2D eigenvalue weighted by molar-refractivity contribution is 5.94. The maximum atomic E-state index is 12.5. The van der Waals surface area contributed by atoms with Crippen molar-refractivity contribution in [2.24, 2.45) is 0 Å². The van der Waals surface area contributed by atoms with Gasteiger partial charge in [0.25, 0.3) is 11.5 Å². The number of carbonyl (C=O) groups is 1. The average Bonchev–Trinajstić information content (AvgIpc) is 2.69. The largest absolute Gasteiger partial charge is 0.481 e. The Morgan fingerprint density at radius 1 is 1.04 bits per heavy atom. The van der Waals surface area contributed by atoms with Crippen molar-refractivity contribution in [3.05, 3.63) is 76.6 Å². The van der Waals surface area contributed by atoms with Crippen LogP contribution >= 0.6 is 0 Å². The van der Waals surface area contributed by atoms with Gasteiger partial charge in [-0.3, -0.25) is 9.59 Å². The fraction of sp³-hybridized carbons (Fsp3) is 0.227. The summed E-state index contributed by atoms with van der Waals surface area (Å²) in [6, 6.07) is 18.1. The van der Waals surface area contributed by atoms with E-state index < -0.39 is 6.10 Å². The molecule has 144 valence electrons. The highest BCUT2D eigenvalue weighted by atomic mass is 16.5. The quantitative estimate of drug-likeness (QED) is 0.681. The molecule has 0 saturated carbocycles. The summed E-state index contributed by atoms with van der Waals surface area (Å²) >= 11 is 0. The zero-order chi connectivity index (χ0) is 20.1. The van der Waals surface area contributed by atoms with E-state index in [1.54, 1.807) is 25.1 Å². The first-order valence-corrected chi connectivity index (χ1v) is 9.16. The number of ether oxygens (including phenoxy) is 1. The van der Waals surface area contributed by atoms with Gasteiger partial charge in [0, 0.05) is 17.3 Å². The van der Waals surface area contributed by atoms with Gasteiger partial charge in [-0.25, -0.2) is 5.10 Å². The van der Waals surface area contributed by atoms with E-state index in [0.717, 1.165) is 5.56 Å². The van der Waals surface area contributed by atoms with E-state index >= 15 is 0 Å². The molecule has 1 unspecified atom stereocenters. The van der Waals surface area contributed by atoms with E-state index in [0.29, 0.717) is 23.0 Å². The average molecular weight is 377 g/mol. The van der Waals surface area contributed by atoms with Crippen LogP contribution in [-0.4, -0.2) is 22.2 Å². The van der Waals surface area contributed by atoms with Crippen LogP contribution in [0.4, 0.5) is 5.69 Å². The summed E-state index contributed by atoms with van der Waals surface area (Å²) < 4.78 is 5.75. The van der Waals surface area contributed by atoms with E-state index in [9.17, 15) is 9.59 Å². The summed E-state index contributed by atoms with van der Waals surface area (Å²) in [6.45, 7) is 5.96. The normalized spacial score (nSPS) is 11.9. The molecular formula is C22H23N3O3. The van der Waals surface area contributed by atoms with Crippen molar-refractivity contribution in [2.75, 3.05) is 5.32 Å². The number of amides is 1. The number of benzene rings is 2. The minimum absolute atomic E-state index is 0.250. The lowest BCUT2D eigenvalue weighted by Crippen LogP contribution is -2.30. The van der Waals surface area contributed by atoms with Gasteiger partial charge in [-0.05, 0) is 48.7 Å². The van der Waals surface area contributed by atoms with E-state index in [2.05, 4.69) is 29.4 Å². The molecule has 6 heteroatoms. The molecule has 1 atom stereocenters. The van der Waals surface area contributed by atoms with Crippen molar-refractivity contribution in [1.29, 1.82) is 0 Å². The second kappa shape index (κ2) is 8.52. The molecule has 0 fully saturated rings. The molecule has 1 aromatic heterocycles. The molecule has 6 nitrogen and oxygen atoms in total. The Labute approximate surface area is 163 Å². The number of aromatic amines is 1. The summed E-state index contributed by atoms with van der Waals surface area (Å²) in [5, 5.41) is 9.26. The summed E-state index contributed by atoms with van der Waals surface area (Å²) in [6.07, 6.45) is -0.653. The highest BCUT2D eigenvalue weighted by Gasteiger charge is 2.15. The first kappa shape index (κ1) is 19.4. The fourth-order valence-corrected chi connectivity index (χ4v) is 2.69. The van der Waals surface area contributed by atoms with Gasteiger partial charge in [-0.1, -0.05) is 38.1 Å². The predicted octanol–water partition coefficient (Wildman–Crippen LogP) is 3.97. The van der Waals surface area contributed by atoms with Gasteiger partial charge in [0.1, 0.15) is 5.75 Å². The molecular weight excluding hydrogens is 354 g/mol. The van der Waals surface area contributed by atoms with Gasteiger partial charge < -0.3 is 10.1 Å². The summed E-state index contributed by atoms with van der Waals surface area (Å²) in [5.74, 6) is 0.844. The smallest absolute Gasteiger partial charge is 0.265 e. The number of hydrogen-bond donors (Lipinski definition) is 2. The van der Waals surface area contributed by atoms with E-state index in [1.807, 2.05) is 36.4 Å². The molecule has 0 aliphatic carbocycles. The Morgan fingerprint density at radius 2 is 1.79 bits per heavy atom. The Kier molecular flexibility index (Phi) is 5.89. The molecule has 28 heavy (non-hydrogen) atoms. The van der Waals surface area contributed by atoms with Crippen molar-refractivity contribution in [1.82, 2.24) is 10.2 Å². The monoisotopic (exact) mass is 377 g/mol. The Balaban J connectivity index is 1.66. The number of anilines is 1. The third kappa shape index (κ3) is 4.85. The van der Waals surface area contributed by atoms with Gasteiger partial charge >= 0.3 is 0 Å². The van der Waals surface area contributed by atoms with Crippen LogP contribution in [0.25, 0.3) is 11.3 Å². The SMILES string of the molecule is CC(Oc1ccc(C(C)C)cc1)C(=O)Nc1cccc(-c2ccc(=O)[nH]n2)c1. The lowest BCUT2D eigenvalue weighted by molar-refractivity contribution is -0.122. The maximum Gasteiger partial charge on any atom is 0.265 e. The highest BCUT2D eigenvalue weighted by Crippen LogP contribution is 2.21. The van der Waals surface area contributed by atoms with Crippen LogP contribution in [0.2, 0.25) is 0 Å². The van der Waals surface area contributed by atoms with Gasteiger partial charge in [0.2, 0.25) is 0 Å². The van der Waals surface area contributed by atoms with Crippen molar-refractivity contribution in [2.45, 2.75) is 32.8 Å². The lowest BCUT2D eigenvalue weighted by Gasteiger charge is -2.16. The Morgan fingerprint density at radius 3 is 2.43 bits per heavy atom. The van der Waals surface area contributed by atoms with Crippen LogP contribution in [0.1, 0.15) is 32.3 Å².